The van der Waals surface area contributed by atoms with Crippen molar-refractivity contribution < 1.29 is 9.18 Å². The van der Waals surface area contributed by atoms with E-state index >= 15 is 0 Å². The second-order valence-electron chi connectivity index (χ2n) is 3.66. The molecule has 1 N–H and O–H groups in total. The second kappa shape index (κ2) is 3.40. The second-order valence-corrected chi connectivity index (χ2v) is 3.66. The summed E-state index contributed by atoms with van der Waals surface area (Å²) in [5.41, 5.74) is 1.93. The van der Waals surface area contributed by atoms with Gasteiger partial charge in [-0.05, 0) is 36.6 Å². The molecule has 14 heavy (non-hydrogen) atoms. The predicted octanol–water partition coefficient (Wildman–Crippen LogP) is 2.09. The first-order valence-corrected chi connectivity index (χ1v) is 4.72. The number of hydrogen-bond donors (Lipinski definition) is 1. The minimum Gasteiger partial charge on any atom is -0.349 e. The average Bonchev–Trinajstić information content (AvgIpc) is 2.56. The fraction of sp³-hybridized carbons (Fsp3) is 0.364. The van der Waals surface area contributed by atoms with Crippen molar-refractivity contribution in [2.75, 3.05) is 0 Å². The van der Waals surface area contributed by atoms with Crippen LogP contribution >= 0.6 is 0 Å². The molecule has 2 nitrogen and oxygen atoms in total. The summed E-state index contributed by atoms with van der Waals surface area (Å²) in [6, 6.07) is 4.69. The van der Waals surface area contributed by atoms with Gasteiger partial charge in [-0.1, -0.05) is 6.07 Å². The summed E-state index contributed by atoms with van der Waals surface area (Å²) in [5, 5.41) is 2.83. The molecule has 1 aliphatic heterocycles. The van der Waals surface area contributed by atoms with E-state index in [1.54, 1.807) is 6.07 Å². The summed E-state index contributed by atoms with van der Waals surface area (Å²) < 4.78 is 13.0. The molecule has 74 valence electrons. The van der Waals surface area contributed by atoms with Gasteiger partial charge < -0.3 is 5.32 Å². The third-order valence-electron chi connectivity index (χ3n) is 2.61. The summed E-state index contributed by atoms with van der Waals surface area (Å²) in [6.07, 6.45) is 1.31. The summed E-state index contributed by atoms with van der Waals surface area (Å²) in [7, 11) is 0. The van der Waals surface area contributed by atoms with E-state index in [1.807, 2.05) is 6.92 Å². The monoisotopic (exact) mass is 193 g/mol. The third-order valence-corrected chi connectivity index (χ3v) is 2.61. The van der Waals surface area contributed by atoms with E-state index in [0.717, 1.165) is 17.5 Å². The molecule has 2 rings (SSSR count). The van der Waals surface area contributed by atoms with Crippen molar-refractivity contribution in [1.29, 1.82) is 0 Å². The van der Waals surface area contributed by atoms with Gasteiger partial charge in [0.1, 0.15) is 5.82 Å². The normalized spacial score (nSPS) is 21.0. The SMILES string of the molecule is Cc1ccc(F)cc1[C@H]1CCC(=O)N1. The van der Waals surface area contributed by atoms with Crippen LogP contribution in [0, 0.1) is 12.7 Å². The van der Waals surface area contributed by atoms with Gasteiger partial charge in [0.25, 0.3) is 0 Å². The Bertz CT molecular complexity index is 376. The molecule has 1 saturated heterocycles. The van der Waals surface area contributed by atoms with Crippen molar-refractivity contribution in [1.82, 2.24) is 5.32 Å². The number of benzene rings is 1. The Kier molecular flexibility index (Phi) is 2.23. The van der Waals surface area contributed by atoms with Crippen molar-refractivity contribution in [2.24, 2.45) is 0 Å². The van der Waals surface area contributed by atoms with Crippen LogP contribution in [0.15, 0.2) is 18.2 Å². The zero-order chi connectivity index (χ0) is 10.1. The van der Waals surface area contributed by atoms with Crippen LogP contribution in [0.1, 0.15) is 30.0 Å². The molecule has 0 saturated carbocycles. The van der Waals surface area contributed by atoms with Gasteiger partial charge in [-0.3, -0.25) is 4.79 Å². The van der Waals surface area contributed by atoms with Crippen LogP contribution < -0.4 is 5.32 Å². The number of halogens is 1. The number of rotatable bonds is 1. The highest BCUT2D eigenvalue weighted by Crippen LogP contribution is 2.26. The van der Waals surface area contributed by atoms with E-state index in [1.165, 1.54) is 12.1 Å². The first-order chi connectivity index (χ1) is 6.66. The lowest BCUT2D eigenvalue weighted by Gasteiger charge is -2.13. The molecule has 0 radical (unpaired) electrons. The minimum absolute atomic E-state index is 0.00167. The van der Waals surface area contributed by atoms with E-state index in [4.69, 9.17) is 0 Å². The molecule has 0 unspecified atom stereocenters. The van der Waals surface area contributed by atoms with Crippen LogP contribution in [0.25, 0.3) is 0 Å². The van der Waals surface area contributed by atoms with Crippen molar-refractivity contribution in [3.8, 4) is 0 Å². The highest BCUT2D eigenvalue weighted by Gasteiger charge is 2.23. The standard InChI is InChI=1S/C11H12FNO/c1-7-2-3-8(12)6-9(7)10-4-5-11(14)13-10/h2-3,6,10H,4-5H2,1H3,(H,13,14)/t10-/m1/s1. The van der Waals surface area contributed by atoms with Gasteiger partial charge in [0.05, 0.1) is 6.04 Å². The Labute approximate surface area is 82.1 Å². The Morgan fingerprint density at radius 3 is 2.93 bits per heavy atom. The summed E-state index contributed by atoms with van der Waals surface area (Å²) in [5.74, 6) is -0.189. The molecule has 1 aromatic rings. The maximum absolute atomic E-state index is 13.0. The maximum Gasteiger partial charge on any atom is 0.220 e. The molecule has 1 heterocycles. The zero-order valence-electron chi connectivity index (χ0n) is 8.01. The number of aryl methyl sites for hydroxylation is 1. The predicted molar refractivity (Wildman–Crippen MR) is 51.3 cm³/mol. The Balaban J connectivity index is 2.31. The number of hydrogen-bond acceptors (Lipinski definition) is 1. The first-order valence-electron chi connectivity index (χ1n) is 4.72. The first kappa shape index (κ1) is 9.19. The highest BCUT2D eigenvalue weighted by molar-refractivity contribution is 5.78. The van der Waals surface area contributed by atoms with E-state index < -0.39 is 0 Å². The molecular weight excluding hydrogens is 181 g/mol. The van der Waals surface area contributed by atoms with E-state index in [2.05, 4.69) is 5.32 Å². The largest absolute Gasteiger partial charge is 0.349 e. The lowest BCUT2D eigenvalue weighted by Crippen LogP contribution is -2.19. The summed E-state index contributed by atoms with van der Waals surface area (Å²) in [6.45, 7) is 1.93. The van der Waals surface area contributed by atoms with Crippen LogP contribution in [0.3, 0.4) is 0 Å². The molecule has 1 amide bonds. The molecule has 0 aliphatic carbocycles. The van der Waals surface area contributed by atoms with Gasteiger partial charge in [0, 0.05) is 6.42 Å². The van der Waals surface area contributed by atoms with Gasteiger partial charge >= 0.3 is 0 Å². The summed E-state index contributed by atoms with van der Waals surface area (Å²) in [4.78, 5) is 11.0. The lowest BCUT2D eigenvalue weighted by molar-refractivity contribution is -0.119. The van der Waals surface area contributed by atoms with Gasteiger partial charge in [-0.15, -0.1) is 0 Å². The third kappa shape index (κ3) is 1.62. The number of amides is 1. The number of carbonyl (C=O) groups excluding carboxylic acids is 1. The van der Waals surface area contributed by atoms with E-state index in [9.17, 15) is 9.18 Å². The zero-order valence-corrected chi connectivity index (χ0v) is 8.01. The molecule has 1 atom stereocenters. The van der Waals surface area contributed by atoms with Crippen molar-refractivity contribution in [3.05, 3.63) is 35.1 Å². The molecule has 3 heteroatoms. The topological polar surface area (TPSA) is 29.1 Å². The maximum atomic E-state index is 13.0. The minimum atomic E-state index is -0.244. The smallest absolute Gasteiger partial charge is 0.220 e. The van der Waals surface area contributed by atoms with E-state index in [-0.39, 0.29) is 17.8 Å². The van der Waals surface area contributed by atoms with Gasteiger partial charge in [-0.25, -0.2) is 4.39 Å². The average molecular weight is 193 g/mol. The molecule has 0 bridgehead atoms. The molecule has 0 spiro atoms. The van der Waals surface area contributed by atoms with Crippen molar-refractivity contribution in [3.63, 3.8) is 0 Å². The van der Waals surface area contributed by atoms with Crippen LogP contribution in [0.4, 0.5) is 4.39 Å². The Morgan fingerprint density at radius 1 is 1.50 bits per heavy atom. The highest BCUT2D eigenvalue weighted by atomic mass is 19.1. The van der Waals surface area contributed by atoms with Crippen LogP contribution in [0.2, 0.25) is 0 Å². The van der Waals surface area contributed by atoms with Gasteiger partial charge in [-0.2, -0.15) is 0 Å². The summed E-state index contributed by atoms with van der Waals surface area (Å²) >= 11 is 0. The lowest BCUT2D eigenvalue weighted by atomic mass is 10.00. The van der Waals surface area contributed by atoms with Gasteiger partial charge in [0.15, 0.2) is 0 Å². The van der Waals surface area contributed by atoms with Crippen molar-refractivity contribution >= 4 is 5.91 Å². The van der Waals surface area contributed by atoms with E-state index in [0.29, 0.717) is 6.42 Å². The number of nitrogens with one attached hydrogen (secondary N) is 1. The molecular formula is C11H12FNO. The fourth-order valence-electron chi connectivity index (χ4n) is 1.83. The number of carbonyl (C=O) groups is 1. The Morgan fingerprint density at radius 2 is 2.29 bits per heavy atom. The molecule has 1 aromatic carbocycles. The van der Waals surface area contributed by atoms with Crippen molar-refractivity contribution in [2.45, 2.75) is 25.8 Å². The molecule has 1 aliphatic rings. The van der Waals surface area contributed by atoms with Crippen LogP contribution in [-0.2, 0) is 4.79 Å². The Hall–Kier alpha value is -1.38. The van der Waals surface area contributed by atoms with Crippen LogP contribution in [-0.4, -0.2) is 5.91 Å². The molecule has 1 fully saturated rings. The van der Waals surface area contributed by atoms with Gasteiger partial charge in [0.2, 0.25) is 5.91 Å². The fourth-order valence-corrected chi connectivity index (χ4v) is 1.83. The quantitative estimate of drug-likeness (QED) is 0.727. The molecule has 0 aromatic heterocycles. The van der Waals surface area contributed by atoms with Crippen LogP contribution in [0.5, 0.6) is 0 Å².